The van der Waals surface area contributed by atoms with Gasteiger partial charge in [0.25, 0.3) is 0 Å². The molecule has 298 valence electrons. The molecular formula is C46H47N5O7. The van der Waals surface area contributed by atoms with Crippen molar-refractivity contribution >= 4 is 35.6 Å². The Balaban J connectivity index is 1.06. The van der Waals surface area contributed by atoms with Gasteiger partial charge in [-0.15, -0.1) is 0 Å². The number of para-hydroxylation sites is 1. The quantitative estimate of drug-likeness (QED) is 0.0930. The van der Waals surface area contributed by atoms with Gasteiger partial charge in [-0.3, -0.25) is 14.4 Å². The average molecular weight is 782 g/mol. The predicted octanol–water partition coefficient (Wildman–Crippen LogP) is 6.57. The van der Waals surface area contributed by atoms with Crippen LogP contribution in [0.5, 0.6) is 0 Å². The van der Waals surface area contributed by atoms with E-state index in [2.05, 4.69) is 21.3 Å². The lowest BCUT2D eigenvalue weighted by atomic mass is 9.98. The number of rotatable bonds is 14. The number of carbonyl (C=O) groups excluding carboxylic acids is 5. The number of hydrogen-bond acceptors (Lipinski definition) is 7. The molecule has 0 unspecified atom stereocenters. The predicted molar refractivity (Wildman–Crippen MR) is 220 cm³/mol. The van der Waals surface area contributed by atoms with E-state index >= 15 is 0 Å². The number of fused-ring (bicyclic) bond motifs is 1. The van der Waals surface area contributed by atoms with Crippen molar-refractivity contribution in [3.8, 4) is 11.1 Å². The van der Waals surface area contributed by atoms with E-state index in [-0.39, 0.29) is 38.8 Å². The maximum Gasteiger partial charge on any atom is 0.408 e. The monoisotopic (exact) mass is 781 g/mol. The number of benzene rings is 5. The number of urea groups is 1. The number of ether oxygens (including phenoxy) is 2. The second-order valence-corrected chi connectivity index (χ2v) is 14.5. The molecule has 6 rings (SSSR count). The van der Waals surface area contributed by atoms with Gasteiger partial charge in [0.05, 0.1) is 6.54 Å². The van der Waals surface area contributed by atoms with Crippen LogP contribution >= 0.6 is 0 Å². The Morgan fingerprint density at radius 2 is 1.33 bits per heavy atom. The largest absolute Gasteiger partial charge is 0.460 e. The maximum absolute atomic E-state index is 14.2. The highest BCUT2D eigenvalue weighted by Crippen LogP contribution is 2.30. The Bertz CT molecular complexity index is 2210. The Kier molecular flexibility index (Phi) is 13.5. The molecule has 1 atom stereocenters. The van der Waals surface area contributed by atoms with Crippen LogP contribution in [0, 0.1) is 0 Å². The van der Waals surface area contributed by atoms with E-state index in [4.69, 9.17) is 9.47 Å². The molecule has 5 amide bonds. The topological polar surface area (TPSA) is 155 Å². The second kappa shape index (κ2) is 19.3. The summed E-state index contributed by atoms with van der Waals surface area (Å²) in [4.78, 5) is 66.8. The van der Waals surface area contributed by atoms with Crippen molar-refractivity contribution in [1.82, 2.24) is 21.3 Å². The van der Waals surface area contributed by atoms with Crippen molar-refractivity contribution in [3.05, 3.63) is 161 Å². The van der Waals surface area contributed by atoms with Gasteiger partial charge in [0.15, 0.2) is 0 Å². The van der Waals surface area contributed by atoms with E-state index in [9.17, 15) is 24.0 Å². The zero-order valence-electron chi connectivity index (χ0n) is 32.5. The smallest absolute Gasteiger partial charge is 0.408 e. The lowest BCUT2D eigenvalue weighted by molar-refractivity contribution is -0.143. The maximum atomic E-state index is 14.2. The van der Waals surface area contributed by atoms with Crippen LogP contribution in [0.2, 0.25) is 0 Å². The number of nitrogens with one attached hydrogen (secondary N) is 4. The molecule has 0 aromatic heterocycles. The average Bonchev–Trinajstić information content (AvgIpc) is 3.37. The molecule has 0 radical (unpaired) electrons. The molecule has 5 aromatic rings. The molecule has 58 heavy (non-hydrogen) atoms. The molecule has 0 fully saturated rings. The molecule has 0 saturated carbocycles. The summed E-state index contributed by atoms with van der Waals surface area (Å²) < 4.78 is 10.6. The summed E-state index contributed by atoms with van der Waals surface area (Å²) >= 11 is 0. The van der Waals surface area contributed by atoms with E-state index in [1.54, 1.807) is 18.7 Å². The molecule has 1 heterocycles. The lowest BCUT2D eigenvalue weighted by Gasteiger charge is -2.30. The van der Waals surface area contributed by atoms with Gasteiger partial charge in [-0.05, 0) is 71.7 Å². The fourth-order valence-corrected chi connectivity index (χ4v) is 6.53. The number of aryl methyl sites for hydroxylation is 1. The Hall–Kier alpha value is -6.95. The van der Waals surface area contributed by atoms with Crippen molar-refractivity contribution in [2.45, 2.75) is 64.6 Å². The van der Waals surface area contributed by atoms with Crippen molar-refractivity contribution in [2.24, 2.45) is 0 Å². The minimum Gasteiger partial charge on any atom is -0.460 e. The lowest BCUT2D eigenvalue weighted by Crippen LogP contribution is -2.59. The molecule has 0 bridgehead atoms. The van der Waals surface area contributed by atoms with Crippen LogP contribution in [0.3, 0.4) is 0 Å². The van der Waals surface area contributed by atoms with Crippen molar-refractivity contribution in [3.63, 3.8) is 0 Å². The van der Waals surface area contributed by atoms with Crippen LogP contribution in [-0.2, 0) is 56.6 Å². The molecular weight excluding hydrogens is 735 g/mol. The third-order valence-corrected chi connectivity index (χ3v) is 9.75. The van der Waals surface area contributed by atoms with E-state index < -0.39 is 35.6 Å². The highest BCUT2D eigenvalue weighted by atomic mass is 16.5. The van der Waals surface area contributed by atoms with E-state index in [1.165, 1.54) is 0 Å². The molecule has 1 aliphatic rings. The Labute approximate surface area is 337 Å². The van der Waals surface area contributed by atoms with Gasteiger partial charge >= 0.3 is 18.1 Å². The summed E-state index contributed by atoms with van der Waals surface area (Å²) in [6, 6.07) is 40.4. The number of esters is 1. The number of alkyl carbamates (subject to hydrolysis) is 1. The summed E-state index contributed by atoms with van der Waals surface area (Å²) in [6.07, 6.45) is 0.204. The van der Waals surface area contributed by atoms with Crippen LogP contribution in [0.25, 0.3) is 11.1 Å². The van der Waals surface area contributed by atoms with Crippen LogP contribution in [0.4, 0.5) is 15.3 Å². The number of anilines is 1. The molecule has 1 aliphatic heterocycles. The number of nitrogens with zero attached hydrogens (tertiary/aromatic N) is 1. The highest BCUT2D eigenvalue weighted by Gasteiger charge is 2.36. The first-order valence-corrected chi connectivity index (χ1v) is 19.1. The van der Waals surface area contributed by atoms with Crippen LogP contribution < -0.4 is 26.2 Å². The van der Waals surface area contributed by atoms with Gasteiger partial charge in [-0.25, -0.2) is 9.59 Å². The zero-order chi connectivity index (χ0) is 40.9. The van der Waals surface area contributed by atoms with Gasteiger partial charge in [-0.2, -0.15) is 0 Å². The number of carbonyl (C=O) groups is 5. The van der Waals surface area contributed by atoms with Crippen molar-refractivity contribution in [2.75, 3.05) is 11.4 Å². The van der Waals surface area contributed by atoms with Crippen LogP contribution in [0.15, 0.2) is 133 Å². The molecule has 4 N–H and O–H groups in total. The van der Waals surface area contributed by atoms with Gasteiger partial charge < -0.3 is 35.6 Å². The van der Waals surface area contributed by atoms with Crippen molar-refractivity contribution < 1.29 is 33.4 Å². The normalized spacial score (nSPS) is 13.7. The molecule has 0 spiro atoms. The summed E-state index contributed by atoms with van der Waals surface area (Å²) in [5, 5.41) is 10.9. The minimum absolute atomic E-state index is 0.0547. The molecule has 0 aliphatic carbocycles. The minimum atomic E-state index is -1.36. The van der Waals surface area contributed by atoms with Gasteiger partial charge in [0.1, 0.15) is 31.3 Å². The second-order valence-electron chi connectivity index (χ2n) is 14.5. The standard InChI is InChI=1S/C46H47N5O7/c1-46(2,50-45(56)58-31-34-15-7-4-8-16-34)43(54)49-39-26-25-36-17-10-12-20-40(36)51(42(39)53)29-32-21-23-35(24-22-32)38-19-11-9-18-37(38)27-47-44(55)48-28-41(52)57-30-33-13-5-3-6-14-33/h3-24,39H,25-31H2,1-2H3,(H,49,54)(H,50,56)(H2,47,48,55)/t39-/m1/s1. The summed E-state index contributed by atoms with van der Waals surface area (Å²) in [7, 11) is 0. The first kappa shape index (κ1) is 40.7. The van der Waals surface area contributed by atoms with E-state index in [1.807, 2.05) is 133 Å². The van der Waals surface area contributed by atoms with E-state index in [0.717, 1.165) is 44.6 Å². The third-order valence-electron chi connectivity index (χ3n) is 9.75. The van der Waals surface area contributed by atoms with Gasteiger partial charge in [0, 0.05) is 12.2 Å². The Morgan fingerprint density at radius 3 is 2.03 bits per heavy atom. The number of amides is 5. The van der Waals surface area contributed by atoms with Crippen molar-refractivity contribution in [1.29, 1.82) is 0 Å². The Morgan fingerprint density at radius 1 is 0.707 bits per heavy atom. The molecule has 12 nitrogen and oxygen atoms in total. The molecule has 0 saturated heterocycles. The van der Waals surface area contributed by atoms with Crippen LogP contribution in [0.1, 0.15) is 48.1 Å². The molecule has 12 heteroatoms. The third kappa shape index (κ3) is 11.1. The first-order valence-electron chi connectivity index (χ1n) is 19.1. The van der Waals surface area contributed by atoms with Gasteiger partial charge in [-0.1, -0.05) is 127 Å². The first-order chi connectivity index (χ1) is 28.1. The summed E-state index contributed by atoms with van der Waals surface area (Å²) in [5.41, 5.74) is 5.64. The van der Waals surface area contributed by atoms with Gasteiger partial charge in [0.2, 0.25) is 11.8 Å². The molecule has 5 aromatic carbocycles. The zero-order valence-corrected chi connectivity index (χ0v) is 32.5. The SMILES string of the molecule is CC(C)(NC(=O)OCc1ccccc1)C(=O)N[C@@H]1CCc2ccccc2N(Cc2ccc(-c3ccccc3CNC(=O)NCC(=O)OCc3ccccc3)cc2)C1=O. The summed E-state index contributed by atoms with van der Waals surface area (Å²) in [6.45, 7) is 3.53. The highest BCUT2D eigenvalue weighted by molar-refractivity contribution is 6.01. The number of hydrogen-bond donors (Lipinski definition) is 4. The fourth-order valence-electron chi connectivity index (χ4n) is 6.53. The fraction of sp³-hybridized carbons (Fsp3) is 0.239. The van der Waals surface area contributed by atoms with Crippen LogP contribution in [-0.4, -0.2) is 48.0 Å². The summed E-state index contributed by atoms with van der Waals surface area (Å²) in [5.74, 6) is -1.31. The van der Waals surface area contributed by atoms with E-state index in [0.29, 0.717) is 12.8 Å².